The van der Waals surface area contributed by atoms with E-state index in [4.69, 9.17) is 9.98 Å². The first-order valence-corrected chi connectivity index (χ1v) is 18.6. The molecule has 0 N–H and O–H groups in total. The van der Waals surface area contributed by atoms with Gasteiger partial charge in [-0.15, -0.1) is 11.3 Å². The second kappa shape index (κ2) is 16.2. The van der Waals surface area contributed by atoms with Gasteiger partial charge in [0.15, 0.2) is 4.34 Å². The second-order valence-corrected chi connectivity index (χ2v) is 14.4. The third-order valence-electron chi connectivity index (χ3n) is 8.71. The van der Waals surface area contributed by atoms with Crippen molar-refractivity contribution in [2.24, 2.45) is 4.99 Å². The van der Waals surface area contributed by atoms with Gasteiger partial charge < -0.3 is 0 Å². The highest BCUT2D eigenvalue weighted by molar-refractivity contribution is 8.00. The Morgan fingerprint density at radius 2 is 1.29 bits per heavy atom. The standard InChI is InChI=1S/C41H44N2S2/c1-2-3-4-5-6-7-8-9-10-11-16-31-21-23-32(24-22-31)30-44-41-43-39-26-25-35(28-40(39)45-41)42-29-38-36-19-14-12-17-33(36)27-34-18-13-15-20-37(34)38/h12-15,17-29H,2-11,16,30H2,1H3. The van der Waals surface area contributed by atoms with Crippen LogP contribution in [0.3, 0.4) is 0 Å². The molecule has 2 nitrogen and oxygen atoms in total. The molecule has 0 saturated carbocycles. The molecule has 1 aromatic heterocycles. The predicted octanol–water partition coefficient (Wildman–Crippen LogP) is 13.1. The molecule has 6 aromatic rings. The summed E-state index contributed by atoms with van der Waals surface area (Å²) in [5, 5.41) is 4.93. The molecule has 6 rings (SSSR count). The number of aromatic nitrogens is 1. The number of thioether (sulfide) groups is 1. The molecule has 0 radical (unpaired) electrons. The second-order valence-electron chi connectivity index (χ2n) is 12.2. The van der Waals surface area contributed by atoms with Gasteiger partial charge in [0.1, 0.15) is 0 Å². The summed E-state index contributed by atoms with van der Waals surface area (Å²) in [7, 11) is 0. The monoisotopic (exact) mass is 628 g/mol. The lowest BCUT2D eigenvalue weighted by Gasteiger charge is -2.07. The van der Waals surface area contributed by atoms with Gasteiger partial charge in [0, 0.05) is 17.5 Å². The normalized spacial score (nSPS) is 11.8. The lowest BCUT2D eigenvalue weighted by molar-refractivity contribution is 0.556. The molecule has 5 aromatic carbocycles. The van der Waals surface area contributed by atoms with E-state index in [-0.39, 0.29) is 0 Å². The summed E-state index contributed by atoms with van der Waals surface area (Å²) in [6.07, 6.45) is 17.1. The maximum atomic E-state index is 4.94. The minimum absolute atomic E-state index is 0.942. The Balaban J connectivity index is 1.01. The zero-order chi connectivity index (χ0) is 30.7. The van der Waals surface area contributed by atoms with Crippen LogP contribution < -0.4 is 0 Å². The smallest absolute Gasteiger partial charge is 0.151 e. The molecule has 45 heavy (non-hydrogen) atoms. The number of hydrogen-bond acceptors (Lipinski definition) is 4. The molecule has 0 spiro atoms. The highest BCUT2D eigenvalue weighted by Crippen LogP contribution is 2.34. The van der Waals surface area contributed by atoms with Gasteiger partial charge in [-0.3, -0.25) is 4.99 Å². The summed E-state index contributed by atoms with van der Waals surface area (Å²) in [5.41, 5.74) is 5.99. The fourth-order valence-corrected chi connectivity index (χ4v) is 8.18. The Morgan fingerprint density at radius 3 is 1.98 bits per heavy atom. The van der Waals surface area contributed by atoms with Crippen LogP contribution in [0.2, 0.25) is 0 Å². The van der Waals surface area contributed by atoms with Crippen molar-refractivity contribution in [3.05, 3.63) is 114 Å². The summed E-state index contributed by atoms with van der Waals surface area (Å²) < 4.78 is 2.29. The first-order valence-electron chi connectivity index (χ1n) is 16.8. The van der Waals surface area contributed by atoms with E-state index in [1.54, 1.807) is 11.3 Å². The van der Waals surface area contributed by atoms with Crippen molar-refractivity contribution in [2.75, 3.05) is 0 Å². The first-order chi connectivity index (χ1) is 22.3. The van der Waals surface area contributed by atoms with Gasteiger partial charge in [-0.25, -0.2) is 4.98 Å². The third-order valence-corrected chi connectivity index (χ3v) is 10.9. The number of rotatable bonds is 16. The van der Waals surface area contributed by atoms with E-state index in [9.17, 15) is 0 Å². The molecular formula is C41H44N2S2. The van der Waals surface area contributed by atoms with E-state index in [2.05, 4.69) is 104 Å². The summed E-state index contributed by atoms with van der Waals surface area (Å²) in [6, 6.07) is 35.0. The summed E-state index contributed by atoms with van der Waals surface area (Å²) in [6.45, 7) is 2.29. The molecule has 0 unspecified atom stereocenters. The largest absolute Gasteiger partial charge is 0.256 e. The van der Waals surface area contributed by atoms with Crippen LogP contribution in [0.5, 0.6) is 0 Å². The van der Waals surface area contributed by atoms with E-state index in [1.807, 2.05) is 18.0 Å². The highest BCUT2D eigenvalue weighted by atomic mass is 32.2. The molecular weight excluding hydrogens is 585 g/mol. The minimum Gasteiger partial charge on any atom is -0.256 e. The molecule has 0 amide bonds. The number of fused-ring (bicyclic) bond motifs is 3. The molecule has 4 heteroatoms. The molecule has 0 saturated heterocycles. The maximum Gasteiger partial charge on any atom is 0.151 e. The fraction of sp³-hybridized carbons (Fsp3) is 0.317. The van der Waals surface area contributed by atoms with E-state index < -0.39 is 0 Å². The molecule has 0 fully saturated rings. The number of benzene rings is 5. The third kappa shape index (κ3) is 8.62. The SMILES string of the molecule is CCCCCCCCCCCCc1ccc(CSc2nc3ccc(N=Cc4c5ccccc5cc5ccccc45)cc3s2)cc1. The van der Waals surface area contributed by atoms with Crippen LogP contribution in [0.25, 0.3) is 31.8 Å². The quantitative estimate of drug-likeness (QED) is 0.0461. The number of aryl methyl sites for hydroxylation is 1. The molecule has 1 heterocycles. The van der Waals surface area contributed by atoms with Crippen molar-refractivity contribution < 1.29 is 0 Å². The van der Waals surface area contributed by atoms with E-state index in [1.165, 1.54) is 114 Å². The molecule has 0 aliphatic rings. The average Bonchev–Trinajstić information content (AvgIpc) is 3.49. The van der Waals surface area contributed by atoms with Crippen LogP contribution in [-0.2, 0) is 12.2 Å². The average molecular weight is 629 g/mol. The number of thiazole rings is 1. The number of aliphatic imine (C=N–C) groups is 1. The zero-order valence-electron chi connectivity index (χ0n) is 26.5. The Bertz CT molecular complexity index is 1800. The van der Waals surface area contributed by atoms with Crippen molar-refractivity contribution in [3.63, 3.8) is 0 Å². The van der Waals surface area contributed by atoms with Crippen LogP contribution in [0, 0.1) is 0 Å². The molecule has 230 valence electrons. The number of hydrogen-bond donors (Lipinski definition) is 0. The van der Waals surface area contributed by atoms with Crippen LogP contribution >= 0.6 is 23.1 Å². The lowest BCUT2D eigenvalue weighted by Crippen LogP contribution is -1.88. The van der Waals surface area contributed by atoms with Gasteiger partial charge >= 0.3 is 0 Å². The maximum absolute atomic E-state index is 4.94. The number of nitrogens with zero attached hydrogens (tertiary/aromatic N) is 2. The van der Waals surface area contributed by atoms with Gasteiger partial charge in [-0.2, -0.15) is 0 Å². The first kappa shape index (κ1) is 31.5. The molecule has 0 aliphatic carbocycles. The summed E-state index contributed by atoms with van der Waals surface area (Å²) in [5.74, 6) is 0.942. The Labute approximate surface area is 277 Å². The van der Waals surface area contributed by atoms with Crippen molar-refractivity contribution in [1.82, 2.24) is 4.98 Å². The van der Waals surface area contributed by atoms with E-state index in [0.29, 0.717) is 0 Å². The van der Waals surface area contributed by atoms with Gasteiger partial charge in [0.05, 0.1) is 15.9 Å². The lowest BCUT2D eigenvalue weighted by atomic mass is 9.97. The highest BCUT2D eigenvalue weighted by Gasteiger charge is 2.08. The zero-order valence-corrected chi connectivity index (χ0v) is 28.1. The van der Waals surface area contributed by atoms with Crippen LogP contribution in [0.15, 0.2) is 106 Å². The predicted molar refractivity (Wildman–Crippen MR) is 200 cm³/mol. The van der Waals surface area contributed by atoms with Gasteiger partial charge in [-0.1, -0.05) is 149 Å². The Hall–Kier alpha value is -3.47. The summed E-state index contributed by atoms with van der Waals surface area (Å²) in [4.78, 5) is 9.84. The molecule has 0 aliphatic heterocycles. The van der Waals surface area contributed by atoms with Gasteiger partial charge in [0.25, 0.3) is 0 Å². The minimum atomic E-state index is 0.942. The van der Waals surface area contributed by atoms with Crippen molar-refractivity contribution in [3.8, 4) is 0 Å². The topological polar surface area (TPSA) is 25.2 Å². The van der Waals surface area contributed by atoms with E-state index in [0.717, 1.165) is 21.3 Å². The molecule has 0 atom stereocenters. The van der Waals surface area contributed by atoms with Gasteiger partial charge in [-0.05, 0) is 69.8 Å². The summed E-state index contributed by atoms with van der Waals surface area (Å²) >= 11 is 3.59. The van der Waals surface area contributed by atoms with Gasteiger partial charge in [0.2, 0.25) is 0 Å². The van der Waals surface area contributed by atoms with Crippen molar-refractivity contribution in [2.45, 2.75) is 87.6 Å². The Morgan fingerprint density at radius 1 is 0.667 bits per heavy atom. The number of unbranched alkanes of at least 4 members (excludes halogenated alkanes) is 9. The van der Waals surface area contributed by atoms with Crippen LogP contribution in [0.1, 0.15) is 87.8 Å². The van der Waals surface area contributed by atoms with Crippen LogP contribution in [-0.4, -0.2) is 11.2 Å². The molecule has 0 bridgehead atoms. The Kier molecular flexibility index (Phi) is 11.3. The van der Waals surface area contributed by atoms with Crippen molar-refractivity contribution >= 4 is 66.8 Å². The van der Waals surface area contributed by atoms with Crippen LogP contribution in [0.4, 0.5) is 5.69 Å². The van der Waals surface area contributed by atoms with E-state index >= 15 is 0 Å². The fourth-order valence-electron chi connectivity index (χ4n) is 6.13. The van der Waals surface area contributed by atoms with Crippen molar-refractivity contribution in [1.29, 1.82) is 0 Å².